The zero-order chi connectivity index (χ0) is 20.9. The van der Waals surface area contributed by atoms with Crippen molar-refractivity contribution in [3.63, 3.8) is 0 Å². The number of fused-ring (bicyclic) bond motifs is 1. The molecule has 4 nitrogen and oxygen atoms in total. The number of amides is 1. The molecule has 0 bridgehead atoms. The lowest BCUT2D eigenvalue weighted by Crippen LogP contribution is -2.06. The third-order valence-corrected chi connectivity index (χ3v) is 6.55. The molecule has 3 aromatic carbocycles. The summed E-state index contributed by atoms with van der Waals surface area (Å²) in [4.78, 5) is 13.3. The normalized spacial score (nSPS) is 13.9. The van der Waals surface area contributed by atoms with Crippen LogP contribution in [0.25, 0.3) is 11.1 Å². The van der Waals surface area contributed by atoms with Crippen LogP contribution in [0.4, 0.5) is 0 Å². The lowest BCUT2D eigenvalue weighted by Gasteiger charge is -2.15. The predicted molar refractivity (Wildman–Crippen MR) is 121 cm³/mol. The molecule has 30 heavy (non-hydrogen) atoms. The van der Waals surface area contributed by atoms with Crippen LogP contribution in [-0.4, -0.2) is 13.0 Å². The van der Waals surface area contributed by atoms with Gasteiger partial charge in [-0.3, -0.25) is 4.79 Å². The van der Waals surface area contributed by atoms with Gasteiger partial charge in [0.2, 0.25) is 5.91 Å². The lowest BCUT2D eigenvalue weighted by molar-refractivity contribution is -0.117. The van der Waals surface area contributed by atoms with Gasteiger partial charge in [0.25, 0.3) is 0 Å². The standard InChI is InChI=1S/C25H25N2O2S/c1-26-17-18-10-13-21(14-11-18)30(29)27-25(28)16-24-22-9-5-8-20(22)12-15-23(24)19-6-3-2-4-7-19/h2-4,6-7,10-15,26H,5,8-9,16-17H2,1H3/q-1. The topological polar surface area (TPSA) is 58.5 Å². The summed E-state index contributed by atoms with van der Waals surface area (Å²) in [7, 11) is 0.185. The molecule has 0 aliphatic heterocycles. The van der Waals surface area contributed by atoms with Crippen LogP contribution in [0.2, 0.25) is 0 Å². The number of hydrogen-bond donors (Lipinski definition) is 1. The highest BCUT2D eigenvalue weighted by Gasteiger charge is 2.19. The van der Waals surface area contributed by atoms with E-state index in [1.165, 1.54) is 11.1 Å². The molecular weight excluding hydrogens is 392 g/mol. The van der Waals surface area contributed by atoms with E-state index in [1.807, 2.05) is 37.4 Å². The highest BCUT2D eigenvalue weighted by atomic mass is 32.2. The van der Waals surface area contributed by atoms with E-state index in [0.29, 0.717) is 4.90 Å². The molecule has 4 rings (SSSR count). The van der Waals surface area contributed by atoms with Gasteiger partial charge in [0.15, 0.2) is 0 Å². The van der Waals surface area contributed by atoms with Crippen molar-refractivity contribution in [2.24, 2.45) is 4.36 Å². The minimum absolute atomic E-state index is 0.178. The first-order valence-electron chi connectivity index (χ1n) is 10.2. The maximum Gasteiger partial charge on any atom is 0.227 e. The molecule has 1 aliphatic rings. The Morgan fingerprint density at radius 1 is 1.00 bits per heavy atom. The van der Waals surface area contributed by atoms with Gasteiger partial charge in [-0.05, 0) is 59.7 Å². The number of carbonyl (C=O) groups is 1. The molecule has 5 heteroatoms. The van der Waals surface area contributed by atoms with Crippen molar-refractivity contribution >= 4 is 16.5 Å². The maximum absolute atomic E-state index is 12.8. The van der Waals surface area contributed by atoms with Crippen LogP contribution in [0.5, 0.6) is 0 Å². The molecule has 0 spiro atoms. The monoisotopic (exact) mass is 417 g/mol. The van der Waals surface area contributed by atoms with Crippen molar-refractivity contribution in [1.82, 2.24) is 5.32 Å². The highest BCUT2D eigenvalue weighted by molar-refractivity contribution is 7.75. The lowest BCUT2D eigenvalue weighted by atomic mass is 9.91. The van der Waals surface area contributed by atoms with Gasteiger partial charge in [0.05, 0.1) is 6.42 Å². The minimum atomic E-state index is -1.69. The van der Waals surface area contributed by atoms with Gasteiger partial charge in [0.1, 0.15) is 0 Å². The third kappa shape index (κ3) is 4.53. The number of nitrogens with zero attached hydrogens (tertiary/aromatic N) is 1. The maximum atomic E-state index is 12.8. The predicted octanol–water partition coefficient (Wildman–Crippen LogP) is 4.84. The van der Waals surface area contributed by atoms with Crippen LogP contribution in [0.15, 0.2) is 76.0 Å². The first-order chi connectivity index (χ1) is 14.7. The molecule has 0 radical (unpaired) electrons. The Balaban J connectivity index is 1.62. The Kier molecular flexibility index (Phi) is 6.41. The second-order valence-electron chi connectivity index (χ2n) is 7.53. The van der Waals surface area contributed by atoms with E-state index < -0.39 is 10.6 Å². The van der Waals surface area contributed by atoms with Gasteiger partial charge in [-0.1, -0.05) is 71.6 Å². The largest absolute Gasteiger partial charge is 0.440 e. The fourth-order valence-electron chi connectivity index (χ4n) is 4.09. The summed E-state index contributed by atoms with van der Waals surface area (Å²) in [5.74, 6) is -0.342. The van der Waals surface area contributed by atoms with Crippen LogP contribution in [0, 0.1) is 0 Å². The second kappa shape index (κ2) is 9.37. The van der Waals surface area contributed by atoms with E-state index in [9.17, 15) is 9.00 Å². The Labute approximate surface area is 179 Å². The first-order valence-corrected chi connectivity index (χ1v) is 11.4. The number of aryl methyl sites for hydroxylation is 1. The van der Waals surface area contributed by atoms with Crippen molar-refractivity contribution in [1.29, 1.82) is 0 Å². The molecule has 1 amide bonds. The van der Waals surface area contributed by atoms with E-state index in [0.717, 1.165) is 48.1 Å². The third-order valence-electron chi connectivity index (χ3n) is 5.50. The molecule has 0 unspecified atom stereocenters. The molecule has 0 atom stereocenters. The molecule has 0 aromatic heterocycles. The van der Waals surface area contributed by atoms with Gasteiger partial charge in [-0.25, -0.2) is 0 Å². The molecule has 0 fully saturated rings. The van der Waals surface area contributed by atoms with Crippen molar-refractivity contribution < 1.29 is 9.00 Å². The van der Waals surface area contributed by atoms with Gasteiger partial charge in [-0.15, -0.1) is 0 Å². The molecule has 0 saturated carbocycles. The molecule has 154 valence electrons. The smallest absolute Gasteiger partial charge is 0.227 e. The summed E-state index contributed by atoms with van der Waals surface area (Å²) in [6.07, 6.45) is 3.32. The van der Waals surface area contributed by atoms with Crippen LogP contribution in [-0.2, 0) is 45.4 Å². The average Bonchev–Trinajstić information content (AvgIpc) is 3.25. The quantitative estimate of drug-likeness (QED) is 0.584. The summed E-state index contributed by atoms with van der Waals surface area (Å²) < 4.78 is 16.6. The number of carbonyl (C=O) groups excluding carboxylic acids is 1. The van der Waals surface area contributed by atoms with Gasteiger partial charge < -0.3 is 13.9 Å². The molecule has 1 aliphatic carbocycles. The number of benzene rings is 3. The highest BCUT2D eigenvalue weighted by Crippen LogP contribution is 2.34. The SMILES string of the molecule is CNCc1ccc([S-](=O)=NC(=O)Cc2c(-c3ccccc3)ccc3c2CCC3)cc1. The summed E-state index contributed by atoms with van der Waals surface area (Å²) in [5, 5.41) is 3.08. The molecule has 3 aromatic rings. The van der Waals surface area contributed by atoms with E-state index in [1.54, 1.807) is 12.1 Å². The van der Waals surface area contributed by atoms with Crippen LogP contribution in [0.3, 0.4) is 0 Å². The minimum Gasteiger partial charge on any atom is -0.440 e. The second-order valence-corrected chi connectivity index (χ2v) is 8.69. The van der Waals surface area contributed by atoms with E-state index in [4.69, 9.17) is 0 Å². The number of rotatable bonds is 6. The number of hydrogen-bond acceptors (Lipinski definition) is 4. The zero-order valence-corrected chi connectivity index (χ0v) is 17.9. The molecular formula is C25H25N2O2S-. The van der Waals surface area contributed by atoms with E-state index in [-0.39, 0.29) is 12.3 Å². The average molecular weight is 418 g/mol. The Hall–Kier alpha value is -2.76. The number of nitrogens with one attached hydrogen (secondary N) is 1. The Morgan fingerprint density at radius 2 is 1.77 bits per heavy atom. The van der Waals surface area contributed by atoms with Crippen molar-refractivity contribution in [3.05, 3.63) is 89.0 Å². The first kappa shape index (κ1) is 20.5. The Bertz CT molecular complexity index is 1130. The van der Waals surface area contributed by atoms with Gasteiger partial charge in [0, 0.05) is 6.54 Å². The zero-order valence-electron chi connectivity index (χ0n) is 17.1. The molecule has 0 saturated heterocycles. The van der Waals surface area contributed by atoms with E-state index >= 15 is 0 Å². The summed E-state index contributed by atoms with van der Waals surface area (Å²) in [5.41, 5.74) is 6.88. The summed E-state index contributed by atoms with van der Waals surface area (Å²) >= 11 is 0. The fourth-order valence-corrected chi connectivity index (χ4v) is 4.81. The van der Waals surface area contributed by atoms with Gasteiger partial charge >= 0.3 is 0 Å². The summed E-state index contributed by atoms with van der Waals surface area (Å²) in [6.45, 7) is 0.740. The molecule has 1 N–H and O–H groups in total. The summed E-state index contributed by atoms with van der Waals surface area (Å²) in [6, 6.07) is 21.8. The van der Waals surface area contributed by atoms with Crippen molar-refractivity contribution in [2.45, 2.75) is 37.1 Å². The van der Waals surface area contributed by atoms with Crippen LogP contribution in [0.1, 0.15) is 28.7 Å². The van der Waals surface area contributed by atoms with Gasteiger partial charge in [-0.2, -0.15) is 10.6 Å². The Morgan fingerprint density at radius 3 is 2.50 bits per heavy atom. The van der Waals surface area contributed by atoms with Crippen LogP contribution < -0.4 is 5.32 Å². The fraction of sp³-hybridized carbons (Fsp3) is 0.240. The van der Waals surface area contributed by atoms with Crippen molar-refractivity contribution in [2.75, 3.05) is 7.05 Å². The van der Waals surface area contributed by atoms with Crippen LogP contribution >= 0.6 is 0 Å². The molecule has 0 heterocycles. The van der Waals surface area contributed by atoms with E-state index in [2.05, 4.69) is 33.9 Å². The van der Waals surface area contributed by atoms with Crippen molar-refractivity contribution in [3.8, 4) is 11.1 Å².